The van der Waals surface area contributed by atoms with Crippen molar-refractivity contribution in [1.82, 2.24) is 25.1 Å². The van der Waals surface area contributed by atoms with Crippen molar-refractivity contribution in [3.63, 3.8) is 0 Å². The fourth-order valence-electron chi connectivity index (χ4n) is 1.64. The average Bonchev–Trinajstić information content (AvgIpc) is 3.13. The normalized spacial score (nSPS) is 11.0. The molecule has 98 valence electrons. The van der Waals surface area contributed by atoms with Gasteiger partial charge in [0.05, 0.1) is 11.9 Å². The Balaban J connectivity index is 1.67. The van der Waals surface area contributed by atoms with E-state index >= 15 is 0 Å². The Kier molecular flexibility index (Phi) is 3.34. The summed E-state index contributed by atoms with van der Waals surface area (Å²) in [4.78, 5) is 5.53. The molecule has 3 aromatic heterocycles. The van der Waals surface area contributed by atoms with E-state index in [1.165, 1.54) is 4.88 Å². The van der Waals surface area contributed by atoms with Gasteiger partial charge in [0.1, 0.15) is 6.54 Å². The summed E-state index contributed by atoms with van der Waals surface area (Å²) in [6.07, 6.45) is 2.45. The molecule has 0 aromatic carbocycles. The van der Waals surface area contributed by atoms with Gasteiger partial charge in [0, 0.05) is 17.8 Å². The second-order valence-electron chi connectivity index (χ2n) is 3.97. The van der Waals surface area contributed by atoms with Gasteiger partial charge in [0.2, 0.25) is 5.89 Å². The van der Waals surface area contributed by atoms with E-state index in [2.05, 4.69) is 20.5 Å². The van der Waals surface area contributed by atoms with Crippen LogP contribution in [0.25, 0.3) is 0 Å². The molecule has 8 heteroatoms. The van der Waals surface area contributed by atoms with Gasteiger partial charge in [-0.1, -0.05) is 16.4 Å². The van der Waals surface area contributed by atoms with Crippen LogP contribution in [0, 0.1) is 0 Å². The Morgan fingerprint density at radius 2 is 2.37 bits per heavy atom. The highest BCUT2D eigenvalue weighted by Crippen LogP contribution is 2.13. The number of nitrogens with zero attached hydrogens (tertiary/aromatic N) is 5. The largest absolute Gasteiger partial charge is 0.337 e. The van der Waals surface area contributed by atoms with E-state index in [-0.39, 0.29) is 0 Å². The Labute approximate surface area is 113 Å². The van der Waals surface area contributed by atoms with Crippen LogP contribution in [0.1, 0.15) is 22.3 Å². The zero-order valence-corrected chi connectivity index (χ0v) is 10.9. The third-order valence-corrected chi connectivity index (χ3v) is 3.39. The molecule has 0 saturated heterocycles. The van der Waals surface area contributed by atoms with Gasteiger partial charge in [-0.05, 0) is 11.4 Å². The number of hydrogen-bond acceptors (Lipinski definition) is 7. The molecule has 0 fully saturated rings. The SMILES string of the molecule is NCc1cn(Cc2nc(Cc3cccs3)no2)nn1. The second-order valence-corrected chi connectivity index (χ2v) is 5.00. The second kappa shape index (κ2) is 5.29. The molecule has 0 amide bonds. The molecule has 2 N–H and O–H groups in total. The van der Waals surface area contributed by atoms with E-state index in [0.29, 0.717) is 31.2 Å². The van der Waals surface area contributed by atoms with Crippen molar-refractivity contribution in [3.8, 4) is 0 Å². The summed E-state index contributed by atoms with van der Waals surface area (Å²) in [6, 6.07) is 4.05. The predicted octanol–water partition coefficient (Wildman–Crippen LogP) is 0.820. The minimum Gasteiger partial charge on any atom is -0.337 e. The van der Waals surface area contributed by atoms with Gasteiger partial charge in [-0.2, -0.15) is 4.98 Å². The maximum Gasteiger partial charge on any atom is 0.248 e. The van der Waals surface area contributed by atoms with Crippen LogP contribution >= 0.6 is 11.3 Å². The Hall–Kier alpha value is -2.06. The van der Waals surface area contributed by atoms with Crippen LogP contribution in [-0.4, -0.2) is 25.1 Å². The van der Waals surface area contributed by atoms with Crippen molar-refractivity contribution in [2.75, 3.05) is 0 Å². The molecule has 0 bridgehead atoms. The van der Waals surface area contributed by atoms with Gasteiger partial charge in [0.25, 0.3) is 0 Å². The highest BCUT2D eigenvalue weighted by Gasteiger charge is 2.09. The maximum absolute atomic E-state index is 5.47. The van der Waals surface area contributed by atoms with Gasteiger partial charge < -0.3 is 10.3 Å². The molecular weight excluding hydrogens is 264 g/mol. The molecule has 7 nitrogen and oxygen atoms in total. The first-order valence-corrected chi connectivity index (χ1v) is 6.64. The molecule has 0 spiro atoms. The van der Waals surface area contributed by atoms with Crippen molar-refractivity contribution in [2.24, 2.45) is 5.73 Å². The fourth-order valence-corrected chi connectivity index (χ4v) is 2.34. The number of thiophene rings is 1. The van der Waals surface area contributed by atoms with E-state index < -0.39 is 0 Å². The topological polar surface area (TPSA) is 95.7 Å². The first-order chi connectivity index (χ1) is 9.33. The van der Waals surface area contributed by atoms with Crippen LogP contribution in [0.15, 0.2) is 28.2 Å². The molecule has 0 radical (unpaired) electrons. The van der Waals surface area contributed by atoms with Crippen LogP contribution in [0.5, 0.6) is 0 Å². The third kappa shape index (κ3) is 2.85. The van der Waals surface area contributed by atoms with Gasteiger partial charge >= 0.3 is 0 Å². The van der Waals surface area contributed by atoms with E-state index in [4.69, 9.17) is 10.3 Å². The molecule has 0 saturated carbocycles. The van der Waals surface area contributed by atoms with Crippen LogP contribution in [-0.2, 0) is 19.5 Å². The molecule has 19 heavy (non-hydrogen) atoms. The highest BCUT2D eigenvalue weighted by atomic mass is 32.1. The van der Waals surface area contributed by atoms with Crippen molar-refractivity contribution in [2.45, 2.75) is 19.5 Å². The van der Waals surface area contributed by atoms with Crippen LogP contribution in [0.3, 0.4) is 0 Å². The minimum absolute atomic E-state index is 0.369. The summed E-state index contributed by atoms with van der Waals surface area (Å²) < 4.78 is 6.81. The smallest absolute Gasteiger partial charge is 0.248 e. The van der Waals surface area contributed by atoms with Gasteiger partial charge in [0.15, 0.2) is 5.82 Å². The minimum atomic E-state index is 0.369. The third-order valence-electron chi connectivity index (χ3n) is 2.52. The molecule has 3 rings (SSSR count). The van der Waals surface area contributed by atoms with E-state index in [1.54, 1.807) is 22.2 Å². The quantitative estimate of drug-likeness (QED) is 0.741. The lowest BCUT2D eigenvalue weighted by Crippen LogP contribution is -2.01. The van der Waals surface area contributed by atoms with Gasteiger partial charge in [-0.15, -0.1) is 16.4 Å². The summed E-state index contributed by atoms with van der Waals surface area (Å²) in [6.45, 7) is 0.776. The van der Waals surface area contributed by atoms with Crippen LogP contribution < -0.4 is 5.73 Å². The first-order valence-electron chi connectivity index (χ1n) is 5.76. The summed E-state index contributed by atoms with van der Waals surface area (Å²) in [7, 11) is 0. The summed E-state index contributed by atoms with van der Waals surface area (Å²) in [5, 5.41) is 13.8. The number of nitrogens with two attached hydrogens (primary N) is 1. The summed E-state index contributed by atoms with van der Waals surface area (Å²) in [5.41, 5.74) is 6.20. The molecule has 0 atom stereocenters. The van der Waals surface area contributed by atoms with E-state index in [0.717, 1.165) is 5.69 Å². The van der Waals surface area contributed by atoms with Crippen molar-refractivity contribution in [3.05, 3.63) is 46.0 Å². The average molecular weight is 276 g/mol. The molecule has 0 unspecified atom stereocenters. The van der Waals surface area contributed by atoms with Crippen molar-refractivity contribution < 1.29 is 4.52 Å². The fraction of sp³-hybridized carbons (Fsp3) is 0.273. The van der Waals surface area contributed by atoms with Crippen molar-refractivity contribution >= 4 is 11.3 Å². The first kappa shape index (κ1) is 12.0. The lowest BCUT2D eigenvalue weighted by atomic mass is 10.3. The summed E-state index contributed by atoms with van der Waals surface area (Å²) in [5.74, 6) is 1.19. The molecular formula is C11H12N6OS. The molecule has 0 aliphatic rings. The zero-order chi connectivity index (χ0) is 13.1. The monoisotopic (exact) mass is 276 g/mol. The van der Waals surface area contributed by atoms with Crippen LogP contribution in [0.2, 0.25) is 0 Å². The number of aromatic nitrogens is 5. The van der Waals surface area contributed by atoms with Gasteiger partial charge in [-0.3, -0.25) is 0 Å². The molecule has 0 aliphatic carbocycles. The summed E-state index contributed by atoms with van der Waals surface area (Å²) >= 11 is 1.67. The van der Waals surface area contributed by atoms with E-state index in [9.17, 15) is 0 Å². The van der Waals surface area contributed by atoms with Gasteiger partial charge in [-0.25, -0.2) is 4.68 Å². The predicted molar refractivity (Wildman–Crippen MR) is 68.4 cm³/mol. The molecule has 0 aliphatic heterocycles. The lowest BCUT2D eigenvalue weighted by Gasteiger charge is -1.92. The Bertz CT molecular complexity index is 644. The molecule has 3 aromatic rings. The highest BCUT2D eigenvalue weighted by molar-refractivity contribution is 7.09. The number of hydrogen-bond donors (Lipinski definition) is 1. The van der Waals surface area contributed by atoms with Crippen LogP contribution in [0.4, 0.5) is 0 Å². The maximum atomic E-state index is 5.47. The van der Waals surface area contributed by atoms with Crippen molar-refractivity contribution in [1.29, 1.82) is 0 Å². The number of rotatable bonds is 5. The standard InChI is InChI=1S/C11H12N6OS/c12-5-8-6-17(16-14-8)7-11-13-10(15-18-11)4-9-2-1-3-19-9/h1-3,6H,4-5,7,12H2. The molecule has 3 heterocycles. The van der Waals surface area contributed by atoms with E-state index in [1.807, 2.05) is 17.5 Å². The Morgan fingerprint density at radius 3 is 3.11 bits per heavy atom. The zero-order valence-electron chi connectivity index (χ0n) is 10.1. The Morgan fingerprint density at radius 1 is 1.42 bits per heavy atom. The lowest BCUT2D eigenvalue weighted by molar-refractivity contribution is 0.360.